The first kappa shape index (κ1) is 25.0. The Kier molecular flexibility index (Phi) is 7.31. The number of hydrogen-bond acceptors (Lipinski definition) is 4. The largest absolute Gasteiger partial charge is 0.487 e. The minimum atomic E-state index is -1.25. The second kappa shape index (κ2) is 11.1. The maximum Gasteiger partial charge on any atom is 0.232 e. The van der Waals surface area contributed by atoms with Gasteiger partial charge in [0, 0.05) is 41.2 Å². The summed E-state index contributed by atoms with van der Waals surface area (Å²) in [7, 11) is 0. The van der Waals surface area contributed by atoms with Crippen LogP contribution in [0.25, 0.3) is 10.9 Å². The number of rotatable bonds is 8. The van der Waals surface area contributed by atoms with Gasteiger partial charge in [-0.25, -0.2) is 18.2 Å². The molecule has 0 aliphatic heterocycles. The van der Waals surface area contributed by atoms with Crippen LogP contribution in [0.2, 0.25) is 0 Å². The molecular formula is C30H22F3N3O2. The Morgan fingerprint density at radius 3 is 2.39 bits per heavy atom. The van der Waals surface area contributed by atoms with Gasteiger partial charge in [0.2, 0.25) is 5.91 Å². The van der Waals surface area contributed by atoms with E-state index in [1.54, 1.807) is 42.6 Å². The zero-order valence-electron chi connectivity index (χ0n) is 20.1. The molecule has 1 N–H and O–H groups in total. The molecule has 8 heteroatoms. The van der Waals surface area contributed by atoms with Gasteiger partial charge >= 0.3 is 0 Å². The third kappa shape index (κ3) is 5.81. The van der Waals surface area contributed by atoms with Crippen LogP contribution in [0.5, 0.6) is 5.75 Å². The summed E-state index contributed by atoms with van der Waals surface area (Å²) >= 11 is 0. The molecular weight excluding hydrogens is 491 g/mol. The van der Waals surface area contributed by atoms with Gasteiger partial charge in [-0.15, -0.1) is 0 Å². The molecule has 0 aliphatic carbocycles. The van der Waals surface area contributed by atoms with E-state index >= 15 is 0 Å². The lowest BCUT2D eigenvalue weighted by atomic mass is 9.90. The molecule has 3 aromatic carbocycles. The summed E-state index contributed by atoms with van der Waals surface area (Å²) in [6.07, 6.45) is 3.03. The Bertz CT molecular complexity index is 1550. The number of pyridine rings is 2. The van der Waals surface area contributed by atoms with Gasteiger partial charge < -0.3 is 10.1 Å². The second-order valence-corrected chi connectivity index (χ2v) is 8.70. The van der Waals surface area contributed by atoms with Gasteiger partial charge in [0.25, 0.3) is 0 Å². The van der Waals surface area contributed by atoms with Crippen LogP contribution in [0.1, 0.15) is 22.7 Å². The average Bonchev–Trinajstić information content (AvgIpc) is 2.92. The molecule has 1 unspecified atom stereocenters. The first-order valence-corrected chi connectivity index (χ1v) is 11.9. The fraction of sp³-hybridized carbons (Fsp3) is 0.100. The number of aromatic nitrogens is 2. The maximum absolute atomic E-state index is 14.6. The molecule has 0 spiro atoms. The van der Waals surface area contributed by atoms with Crippen molar-refractivity contribution in [2.45, 2.75) is 18.9 Å². The minimum Gasteiger partial charge on any atom is -0.487 e. The highest BCUT2D eigenvalue weighted by atomic mass is 19.1. The number of ether oxygens (including phenoxy) is 1. The number of nitrogens with zero attached hydrogens (tertiary/aromatic N) is 2. The Balaban J connectivity index is 1.30. The van der Waals surface area contributed by atoms with Crippen LogP contribution < -0.4 is 10.1 Å². The van der Waals surface area contributed by atoms with E-state index in [0.29, 0.717) is 29.1 Å². The van der Waals surface area contributed by atoms with Crippen LogP contribution in [0.3, 0.4) is 0 Å². The van der Waals surface area contributed by atoms with E-state index in [1.165, 1.54) is 6.20 Å². The number of anilines is 1. The van der Waals surface area contributed by atoms with Crippen molar-refractivity contribution < 1.29 is 22.7 Å². The molecule has 38 heavy (non-hydrogen) atoms. The molecule has 2 aromatic heterocycles. The molecule has 0 bridgehead atoms. The highest BCUT2D eigenvalue weighted by molar-refractivity contribution is 5.96. The Labute approximate surface area is 217 Å². The van der Waals surface area contributed by atoms with E-state index < -0.39 is 34.8 Å². The molecule has 1 atom stereocenters. The fourth-order valence-electron chi connectivity index (χ4n) is 4.18. The molecule has 5 rings (SSSR count). The fourth-order valence-corrected chi connectivity index (χ4v) is 4.18. The highest BCUT2D eigenvalue weighted by Crippen LogP contribution is 2.29. The number of nitrogens with one attached hydrogen (secondary N) is 1. The minimum absolute atomic E-state index is 0.0287. The molecule has 0 saturated carbocycles. The molecule has 0 fully saturated rings. The van der Waals surface area contributed by atoms with Crippen LogP contribution in [0.15, 0.2) is 97.3 Å². The maximum atomic E-state index is 14.6. The number of halogens is 3. The van der Waals surface area contributed by atoms with Crippen molar-refractivity contribution in [2.24, 2.45) is 0 Å². The van der Waals surface area contributed by atoms with Crippen molar-refractivity contribution in [3.05, 3.63) is 132 Å². The molecule has 0 radical (unpaired) electrons. The van der Waals surface area contributed by atoms with Crippen LogP contribution >= 0.6 is 0 Å². The second-order valence-electron chi connectivity index (χ2n) is 8.70. The van der Waals surface area contributed by atoms with Crippen LogP contribution in [0, 0.1) is 17.5 Å². The summed E-state index contributed by atoms with van der Waals surface area (Å²) in [4.78, 5) is 21.8. The summed E-state index contributed by atoms with van der Waals surface area (Å²) < 4.78 is 48.6. The summed E-state index contributed by atoms with van der Waals surface area (Å²) in [5, 5.41) is 3.74. The predicted octanol–water partition coefficient (Wildman–Crippen LogP) is 6.59. The zero-order valence-corrected chi connectivity index (χ0v) is 20.1. The average molecular weight is 514 g/mol. The van der Waals surface area contributed by atoms with Gasteiger partial charge in [0.1, 0.15) is 29.8 Å². The number of para-hydroxylation sites is 1. The lowest BCUT2D eigenvalue weighted by molar-refractivity contribution is -0.117. The summed E-state index contributed by atoms with van der Waals surface area (Å²) in [5.41, 5.74) is 2.15. The van der Waals surface area contributed by atoms with Gasteiger partial charge in [-0.1, -0.05) is 30.3 Å². The topological polar surface area (TPSA) is 64.1 Å². The summed E-state index contributed by atoms with van der Waals surface area (Å²) in [6.45, 7) is 0.257. The number of fused-ring (bicyclic) bond motifs is 1. The molecule has 2 heterocycles. The summed E-state index contributed by atoms with van der Waals surface area (Å²) in [5.74, 6) is -4.66. The van der Waals surface area contributed by atoms with E-state index in [0.717, 1.165) is 16.6 Å². The first-order valence-electron chi connectivity index (χ1n) is 11.9. The molecule has 5 aromatic rings. The lowest BCUT2D eigenvalue weighted by Crippen LogP contribution is -2.25. The number of carbonyl (C=O) groups excluding carboxylic acids is 1. The van der Waals surface area contributed by atoms with Crippen LogP contribution in [0.4, 0.5) is 18.9 Å². The van der Waals surface area contributed by atoms with Crippen molar-refractivity contribution in [3.8, 4) is 5.75 Å². The molecule has 0 saturated heterocycles. The van der Waals surface area contributed by atoms with E-state index in [2.05, 4.69) is 15.3 Å². The third-order valence-electron chi connectivity index (χ3n) is 6.04. The Morgan fingerprint density at radius 2 is 1.66 bits per heavy atom. The van der Waals surface area contributed by atoms with E-state index in [-0.39, 0.29) is 13.0 Å². The van der Waals surface area contributed by atoms with Crippen molar-refractivity contribution in [1.29, 1.82) is 0 Å². The molecule has 5 nitrogen and oxygen atoms in total. The van der Waals surface area contributed by atoms with E-state index in [1.807, 2.05) is 36.4 Å². The Hall–Kier alpha value is -4.72. The van der Waals surface area contributed by atoms with Gasteiger partial charge in [0.05, 0.1) is 17.1 Å². The van der Waals surface area contributed by atoms with E-state index in [9.17, 15) is 18.0 Å². The number of carbonyl (C=O) groups is 1. The molecule has 0 aliphatic rings. The smallest absolute Gasteiger partial charge is 0.232 e. The van der Waals surface area contributed by atoms with Crippen molar-refractivity contribution in [3.63, 3.8) is 0 Å². The number of hydrogen-bond donors (Lipinski definition) is 1. The van der Waals surface area contributed by atoms with Crippen LogP contribution in [-0.2, 0) is 17.8 Å². The van der Waals surface area contributed by atoms with Crippen molar-refractivity contribution >= 4 is 22.5 Å². The van der Waals surface area contributed by atoms with Crippen molar-refractivity contribution in [2.75, 3.05) is 5.32 Å². The highest BCUT2D eigenvalue weighted by Gasteiger charge is 2.28. The van der Waals surface area contributed by atoms with Crippen LogP contribution in [-0.4, -0.2) is 15.9 Å². The number of benzene rings is 3. The van der Waals surface area contributed by atoms with Gasteiger partial charge in [-0.05, 0) is 54.4 Å². The van der Waals surface area contributed by atoms with Gasteiger partial charge in [0.15, 0.2) is 0 Å². The predicted molar refractivity (Wildman–Crippen MR) is 138 cm³/mol. The van der Waals surface area contributed by atoms with Crippen molar-refractivity contribution in [1.82, 2.24) is 9.97 Å². The lowest BCUT2D eigenvalue weighted by Gasteiger charge is -2.19. The first-order chi connectivity index (χ1) is 18.5. The van der Waals surface area contributed by atoms with Gasteiger partial charge in [-0.3, -0.25) is 9.78 Å². The zero-order chi connectivity index (χ0) is 26.5. The third-order valence-corrected chi connectivity index (χ3v) is 6.04. The molecule has 190 valence electrons. The van der Waals surface area contributed by atoms with Gasteiger partial charge in [-0.2, -0.15) is 0 Å². The SMILES string of the molecule is O=C(Nc1ccc(OCc2ccc3ccccc3n2)cc1)C(Cc1cccnc1)c1c(F)cc(F)cc1F. The van der Waals surface area contributed by atoms with E-state index in [4.69, 9.17) is 4.74 Å². The Morgan fingerprint density at radius 1 is 0.895 bits per heavy atom. The molecule has 1 amide bonds. The number of amides is 1. The monoisotopic (exact) mass is 513 g/mol. The summed E-state index contributed by atoms with van der Waals surface area (Å²) in [6, 6.07) is 22.8. The quantitative estimate of drug-likeness (QED) is 0.254. The standard InChI is InChI=1S/C30H22F3N3O2/c31-21-15-26(32)29(27(33)16-21)25(14-19-4-3-13-34-17-19)30(37)36-22-9-11-24(12-10-22)38-18-23-8-7-20-5-1-2-6-28(20)35-23/h1-13,15-17,25H,14,18H2,(H,36,37). The normalized spacial score (nSPS) is 11.8.